The van der Waals surface area contributed by atoms with Gasteiger partial charge in [0.15, 0.2) is 5.96 Å². The van der Waals surface area contributed by atoms with Gasteiger partial charge in [0, 0.05) is 19.7 Å². The normalized spacial score (nSPS) is 15.8. The fraction of sp³-hybridized carbons (Fsp3) is 0.611. The monoisotopic (exact) mass is 431 g/mol. The summed E-state index contributed by atoms with van der Waals surface area (Å²) in [7, 11) is 1.72. The smallest absolute Gasteiger partial charge is 0.191 e. The molecule has 0 heterocycles. The summed E-state index contributed by atoms with van der Waals surface area (Å²) in [6.45, 7) is 4.34. The number of rotatable bonds is 6. The zero-order valence-corrected chi connectivity index (χ0v) is 16.6. The molecule has 2 rings (SSSR count). The first kappa shape index (κ1) is 20.2. The van der Waals surface area contributed by atoms with Crippen molar-refractivity contribution < 1.29 is 4.74 Å². The Hall–Kier alpha value is -0.820. The van der Waals surface area contributed by atoms with Crippen molar-refractivity contribution in [1.82, 2.24) is 10.6 Å². The molecule has 0 spiro atoms. The van der Waals surface area contributed by atoms with Crippen LogP contribution in [0.1, 0.15) is 50.2 Å². The molecule has 0 radical (unpaired) electrons. The first-order valence-corrected chi connectivity index (χ1v) is 8.43. The molecule has 1 aliphatic carbocycles. The predicted molar refractivity (Wildman–Crippen MR) is 107 cm³/mol. The molecule has 0 aromatic heterocycles. The molecule has 0 unspecified atom stereocenters. The first-order valence-electron chi connectivity index (χ1n) is 8.43. The standard InChI is InChI=1S/C18H29N3O.HI/c1-3-19-18(21-17-10-5-4-6-11-17)20-13-15-8-7-9-16(12-15)14-22-2;/h7-9,12,17H,3-6,10-11,13-14H2,1-2H3,(H2,19,20,21);1H. The van der Waals surface area contributed by atoms with E-state index in [9.17, 15) is 0 Å². The van der Waals surface area contributed by atoms with Crippen molar-refractivity contribution in [3.8, 4) is 0 Å². The van der Waals surface area contributed by atoms with Crippen LogP contribution >= 0.6 is 24.0 Å². The minimum Gasteiger partial charge on any atom is -0.380 e. The number of halogens is 1. The molecule has 1 aromatic carbocycles. The van der Waals surface area contributed by atoms with E-state index in [2.05, 4.69) is 41.8 Å². The van der Waals surface area contributed by atoms with Crippen LogP contribution < -0.4 is 10.6 Å². The minimum absolute atomic E-state index is 0. The van der Waals surface area contributed by atoms with E-state index in [1.54, 1.807) is 7.11 Å². The summed E-state index contributed by atoms with van der Waals surface area (Å²) in [6.07, 6.45) is 6.55. The van der Waals surface area contributed by atoms with Crippen LogP contribution in [0.15, 0.2) is 29.3 Å². The van der Waals surface area contributed by atoms with Crippen LogP contribution in [0.3, 0.4) is 0 Å². The van der Waals surface area contributed by atoms with E-state index < -0.39 is 0 Å². The lowest BCUT2D eigenvalue weighted by molar-refractivity contribution is 0.185. The van der Waals surface area contributed by atoms with Crippen molar-refractivity contribution in [2.45, 2.75) is 58.2 Å². The molecule has 0 aliphatic heterocycles. The second-order valence-corrected chi connectivity index (χ2v) is 5.93. The van der Waals surface area contributed by atoms with Crippen LogP contribution in [-0.2, 0) is 17.9 Å². The number of methoxy groups -OCH3 is 1. The van der Waals surface area contributed by atoms with Crippen LogP contribution in [0.4, 0.5) is 0 Å². The SMILES string of the molecule is CCNC(=NCc1cccc(COC)c1)NC1CCCCC1.I. The lowest BCUT2D eigenvalue weighted by Gasteiger charge is -2.24. The van der Waals surface area contributed by atoms with E-state index in [4.69, 9.17) is 9.73 Å². The number of hydrogen-bond acceptors (Lipinski definition) is 2. The molecule has 23 heavy (non-hydrogen) atoms. The highest BCUT2D eigenvalue weighted by Gasteiger charge is 2.14. The van der Waals surface area contributed by atoms with Crippen LogP contribution in [0.2, 0.25) is 0 Å². The second kappa shape index (κ2) is 11.7. The van der Waals surface area contributed by atoms with E-state index in [0.717, 1.165) is 12.5 Å². The van der Waals surface area contributed by atoms with Crippen molar-refractivity contribution in [2.75, 3.05) is 13.7 Å². The Labute approximate surface area is 157 Å². The van der Waals surface area contributed by atoms with Crippen LogP contribution in [0, 0.1) is 0 Å². The van der Waals surface area contributed by atoms with Gasteiger partial charge in [0.05, 0.1) is 13.2 Å². The Morgan fingerprint density at radius 1 is 1.22 bits per heavy atom. The van der Waals surface area contributed by atoms with E-state index >= 15 is 0 Å². The molecule has 1 aromatic rings. The third kappa shape index (κ3) is 7.52. The van der Waals surface area contributed by atoms with Gasteiger partial charge in [-0.25, -0.2) is 4.99 Å². The molecule has 0 amide bonds. The predicted octanol–water partition coefficient (Wildman–Crippen LogP) is 3.84. The third-order valence-corrected chi connectivity index (χ3v) is 4.01. The van der Waals surface area contributed by atoms with Gasteiger partial charge in [-0.3, -0.25) is 0 Å². The third-order valence-electron chi connectivity index (χ3n) is 4.01. The second-order valence-electron chi connectivity index (χ2n) is 5.93. The molecular formula is C18H30IN3O. The van der Waals surface area contributed by atoms with Crippen LogP contribution in [-0.4, -0.2) is 25.7 Å². The molecule has 1 saturated carbocycles. The Balaban J connectivity index is 0.00000264. The van der Waals surface area contributed by atoms with E-state index in [1.165, 1.54) is 43.2 Å². The lowest BCUT2D eigenvalue weighted by atomic mass is 9.96. The minimum atomic E-state index is 0. The Morgan fingerprint density at radius 3 is 2.65 bits per heavy atom. The largest absolute Gasteiger partial charge is 0.380 e. The molecule has 4 nitrogen and oxygen atoms in total. The zero-order chi connectivity index (χ0) is 15.6. The van der Waals surface area contributed by atoms with Crippen LogP contribution in [0.5, 0.6) is 0 Å². The summed E-state index contributed by atoms with van der Waals surface area (Å²) in [5.41, 5.74) is 2.41. The van der Waals surface area contributed by atoms with Gasteiger partial charge in [-0.1, -0.05) is 43.5 Å². The molecule has 1 aliphatic rings. The number of benzene rings is 1. The number of hydrogen-bond donors (Lipinski definition) is 2. The molecule has 5 heteroatoms. The summed E-state index contributed by atoms with van der Waals surface area (Å²) in [6, 6.07) is 9.01. The molecule has 0 atom stereocenters. The van der Waals surface area contributed by atoms with Gasteiger partial charge in [-0.2, -0.15) is 0 Å². The highest BCUT2D eigenvalue weighted by molar-refractivity contribution is 14.0. The number of ether oxygens (including phenoxy) is 1. The Kier molecular flexibility index (Phi) is 10.3. The highest BCUT2D eigenvalue weighted by Crippen LogP contribution is 2.17. The number of nitrogens with zero attached hydrogens (tertiary/aromatic N) is 1. The lowest BCUT2D eigenvalue weighted by Crippen LogP contribution is -2.44. The molecule has 130 valence electrons. The van der Waals surface area contributed by atoms with E-state index in [-0.39, 0.29) is 24.0 Å². The fourth-order valence-electron chi connectivity index (χ4n) is 2.92. The molecule has 0 saturated heterocycles. The first-order chi connectivity index (χ1) is 10.8. The van der Waals surface area contributed by atoms with Crippen molar-refractivity contribution in [2.24, 2.45) is 4.99 Å². The summed E-state index contributed by atoms with van der Waals surface area (Å²) < 4.78 is 5.19. The maximum Gasteiger partial charge on any atom is 0.191 e. The average Bonchev–Trinajstić information content (AvgIpc) is 2.55. The van der Waals surface area contributed by atoms with Crippen molar-refractivity contribution in [3.63, 3.8) is 0 Å². The molecular weight excluding hydrogens is 401 g/mol. The summed E-state index contributed by atoms with van der Waals surface area (Å²) in [5, 5.41) is 6.94. The van der Waals surface area contributed by atoms with Crippen molar-refractivity contribution in [1.29, 1.82) is 0 Å². The molecule has 1 fully saturated rings. The van der Waals surface area contributed by atoms with E-state index in [1.807, 2.05) is 0 Å². The topological polar surface area (TPSA) is 45.7 Å². The van der Waals surface area contributed by atoms with Gasteiger partial charge in [0.2, 0.25) is 0 Å². The number of guanidine groups is 1. The summed E-state index contributed by atoms with van der Waals surface area (Å²) in [4.78, 5) is 4.73. The van der Waals surface area contributed by atoms with Crippen molar-refractivity contribution >= 4 is 29.9 Å². The van der Waals surface area contributed by atoms with Gasteiger partial charge in [-0.05, 0) is 30.9 Å². The Bertz CT molecular complexity index is 473. The van der Waals surface area contributed by atoms with Gasteiger partial charge in [-0.15, -0.1) is 24.0 Å². The van der Waals surface area contributed by atoms with Crippen molar-refractivity contribution in [3.05, 3.63) is 35.4 Å². The maximum atomic E-state index is 5.19. The summed E-state index contributed by atoms with van der Waals surface area (Å²) in [5.74, 6) is 0.937. The number of nitrogens with one attached hydrogen (secondary N) is 2. The average molecular weight is 431 g/mol. The molecule has 0 bridgehead atoms. The molecule has 2 N–H and O–H groups in total. The number of aliphatic imine (C=N–C) groups is 1. The van der Waals surface area contributed by atoms with Gasteiger partial charge in [0.25, 0.3) is 0 Å². The summed E-state index contributed by atoms with van der Waals surface area (Å²) >= 11 is 0. The van der Waals surface area contributed by atoms with E-state index in [0.29, 0.717) is 19.2 Å². The van der Waals surface area contributed by atoms with Gasteiger partial charge >= 0.3 is 0 Å². The van der Waals surface area contributed by atoms with Crippen LogP contribution in [0.25, 0.3) is 0 Å². The zero-order valence-electron chi connectivity index (χ0n) is 14.3. The fourth-order valence-corrected chi connectivity index (χ4v) is 2.92. The maximum absolute atomic E-state index is 5.19. The Morgan fingerprint density at radius 2 is 1.96 bits per heavy atom. The van der Waals surface area contributed by atoms with Gasteiger partial charge in [0.1, 0.15) is 0 Å². The van der Waals surface area contributed by atoms with Gasteiger partial charge < -0.3 is 15.4 Å². The quantitative estimate of drug-likeness (QED) is 0.409. The highest BCUT2D eigenvalue weighted by atomic mass is 127.